The quantitative estimate of drug-likeness (QED) is 0.652. The molecule has 0 atom stereocenters. The zero-order valence-corrected chi connectivity index (χ0v) is 12.0. The number of halogens is 1. The van der Waals surface area contributed by atoms with Crippen molar-refractivity contribution in [1.29, 1.82) is 0 Å². The van der Waals surface area contributed by atoms with E-state index in [1.807, 2.05) is 12.1 Å². The molecule has 0 aliphatic rings. The number of aromatic carboxylic acids is 1. The maximum Gasteiger partial charge on any atom is 0.354 e. The maximum atomic E-state index is 10.8. The van der Waals surface area contributed by atoms with Crippen molar-refractivity contribution in [2.75, 3.05) is 12.4 Å². The fourth-order valence-corrected chi connectivity index (χ4v) is 2.35. The number of carboxylic acids is 1. The fraction of sp³-hybridized carbons (Fsp3) is 0.143. The largest absolute Gasteiger partial charge is 0.493 e. The molecule has 2 aromatic rings. The Morgan fingerprint density at radius 1 is 1.30 bits per heavy atom. The van der Waals surface area contributed by atoms with Gasteiger partial charge in [0.2, 0.25) is 0 Å². The van der Waals surface area contributed by atoms with Crippen LogP contribution >= 0.6 is 23.4 Å². The summed E-state index contributed by atoms with van der Waals surface area (Å²) in [6.45, 7) is 0.525. The van der Waals surface area contributed by atoms with E-state index < -0.39 is 5.97 Å². The minimum absolute atomic E-state index is 0.0496. The first kappa shape index (κ1) is 14.7. The van der Waals surface area contributed by atoms with Crippen molar-refractivity contribution < 1.29 is 14.6 Å². The van der Waals surface area contributed by atoms with E-state index in [1.54, 1.807) is 24.3 Å². The molecule has 0 unspecified atom stereocenters. The van der Waals surface area contributed by atoms with Gasteiger partial charge in [0.05, 0.1) is 6.61 Å². The number of pyridine rings is 1. The molecule has 0 radical (unpaired) electrons. The molecule has 1 aromatic heterocycles. The van der Waals surface area contributed by atoms with Gasteiger partial charge in [-0.25, -0.2) is 9.78 Å². The van der Waals surface area contributed by atoms with Crippen LogP contribution in [0.1, 0.15) is 10.5 Å². The molecule has 104 valence electrons. The second-order valence-corrected chi connectivity index (χ2v) is 5.44. The Hall–Kier alpha value is -1.72. The number of aromatic nitrogens is 1. The molecule has 0 fully saturated rings. The lowest BCUT2D eigenvalue weighted by Crippen LogP contribution is -2.01. The van der Waals surface area contributed by atoms with Gasteiger partial charge in [0.1, 0.15) is 11.4 Å². The summed E-state index contributed by atoms with van der Waals surface area (Å²) < 4.78 is 5.55. The van der Waals surface area contributed by atoms with Crippen molar-refractivity contribution >= 4 is 29.3 Å². The number of hydrogen-bond donors (Lipinski definition) is 1. The molecule has 0 aliphatic heterocycles. The third-order valence-corrected chi connectivity index (χ3v) is 3.59. The number of benzene rings is 1. The van der Waals surface area contributed by atoms with Gasteiger partial charge in [0.15, 0.2) is 0 Å². The van der Waals surface area contributed by atoms with Crippen molar-refractivity contribution in [2.24, 2.45) is 0 Å². The van der Waals surface area contributed by atoms with E-state index in [1.165, 1.54) is 18.0 Å². The van der Waals surface area contributed by atoms with E-state index in [4.69, 9.17) is 21.4 Å². The highest BCUT2D eigenvalue weighted by Crippen LogP contribution is 2.19. The van der Waals surface area contributed by atoms with Gasteiger partial charge in [0.25, 0.3) is 0 Å². The second-order valence-electron chi connectivity index (χ2n) is 3.83. The first-order valence-electron chi connectivity index (χ1n) is 5.85. The van der Waals surface area contributed by atoms with Gasteiger partial charge in [-0.05, 0) is 36.4 Å². The number of hydrogen-bond acceptors (Lipinski definition) is 4. The van der Waals surface area contributed by atoms with Gasteiger partial charge in [-0.1, -0.05) is 11.6 Å². The van der Waals surface area contributed by atoms with Crippen LogP contribution in [0.4, 0.5) is 0 Å². The van der Waals surface area contributed by atoms with Crippen molar-refractivity contribution in [1.82, 2.24) is 4.98 Å². The molecule has 2 rings (SSSR count). The van der Waals surface area contributed by atoms with Crippen LogP contribution < -0.4 is 4.74 Å². The lowest BCUT2D eigenvalue weighted by atomic mass is 10.3. The Balaban J connectivity index is 1.79. The standard InChI is InChI=1S/C14H12ClNO3S/c15-10-1-3-11(4-2-10)19-7-8-20-12-5-6-16-13(9-12)14(17)18/h1-6,9H,7-8H2,(H,17,18). The monoisotopic (exact) mass is 309 g/mol. The highest BCUT2D eigenvalue weighted by Gasteiger charge is 2.05. The Morgan fingerprint density at radius 2 is 2.05 bits per heavy atom. The molecule has 0 aliphatic carbocycles. The summed E-state index contributed by atoms with van der Waals surface area (Å²) in [7, 11) is 0. The molecule has 0 bridgehead atoms. The summed E-state index contributed by atoms with van der Waals surface area (Å²) in [4.78, 5) is 15.4. The van der Waals surface area contributed by atoms with Crippen LogP contribution in [0.25, 0.3) is 0 Å². The van der Waals surface area contributed by atoms with Crippen LogP contribution in [0.2, 0.25) is 5.02 Å². The van der Waals surface area contributed by atoms with E-state index in [0.29, 0.717) is 17.4 Å². The molecular formula is C14H12ClNO3S. The van der Waals surface area contributed by atoms with Crippen LogP contribution in [0, 0.1) is 0 Å². The highest BCUT2D eigenvalue weighted by atomic mass is 35.5. The molecule has 0 amide bonds. The average Bonchev–Trinajstić information content (AvgIpc) is 2.46. The molecule has 1 aromatic carbocycles. The topological polar surface area (TPSA) is 59.4 Å². The minimum atomic E-state index is -1.02. The number of rotatable bonds is 6. The van der Waals surface area contributed by atoms with Gasteiger partial charge in [0, 0.05) is 21.9 Å². The Labute approximate surface area is 125 Å². The molecule has 1 N–H and O–H groups in total. The van der Waals surface area contributed by atoms with E-state index >= 15 is 0 Å². The predicted octanol–water partition coefficient (Wildman–Crippen LogP) is 3.60. The van der Waals surface area contributed by atoms with Crippen LogP contribution in [-0.4, -0.2) is 28.4 Å². The van der Waals surface area contributed by atoms with E-state index in [2.05, 4.69) is 4.98 Å². The van der Waals surface area contributed by atoms with E-state index in [-0.39, 0.29) is 5.69 Å². The van der Waals surface area contributed by atoms with Crippen LogP contribution in [-0.2, 0) is 0 Å². The first-order valence-corrected chi connectivity index (χ1v) is 7.22. The Bertz CT molecular complexity index is 589. The molecule has 4 nitrogen and oxygen atoms in total. The normalized spacial score (nSPS) is 10.2. The number of nitrogens with zero attached hydrogens (tertiary/aromatic N) is 1. The molecule has 0 spiro atoms. The number of thioether (sulfide) groups is 1. The lowest BCUT2D eigenvalue weighted by molar-refractivity contribution is 0.0690. The summed E-state index contributed by atoms with van der Waals surface area (Å²) in [5.74, 6) is 0.451. The van der Waals surface area contributed by atoms with Crippen molar-refractivity contribution in [2.45, 2.75) is 4.90 Å². The van der Waals surface area contributed by atoms with Crippen LogP contribution in [0.5, 0.6) is 5.75 Å². The summed E-state index contributed by atoms with van der Waals surface area (Å²) in [5, 5.41) is 9.52. The molecule has 0 saturated heterocycles. The maximum absolute atomic E-state index is 10.8. The van der Waals surface area contributed by atoms with E-state index in [9.17, 15) is 4.79 Å². The van der Waals surface area contributed by atoms with Crippen molar-refractivity contribution in [3.8, 4) is 5.75 Å². The van der Waals surface area contributed by atoms with Gasteiger partial charge in [-0.15, -0.1) is 11.8 Å². The summed E-state index contributed by atoms with van der Waals surface area (Å²) in [6.07, 6.45) is 1.49. The average molecular weight is 310 g/mol. The summed E-state index contributed by atoms with van der Waals surface area (Å²) in [5.41, 5.74) is 0.0496. The highest BCUT2D eigenvalue weighted by molar-refractivity contribution is 7.99. The Morgan fingerprint density at radius 3 is 2.75 bits per heavy atom. The number of ether oxygens (including phenoxy) is 1. The van der Waals surface area contributed by atoms with Crippen LogP contribution in [0.3, 0.4) is 0 Å². The third-order valence-electron chi connectivity index (χ3n) is 2.38. The fourth-order valence-electron chi connectivity index (χ4n) is 1.47. The molecular weight excluding hydrogens is 298 g/mol. The van der Waals surface area contributed by atoms with Gasteiger partial charge >= 0.3 is 5.97 Å². The zero-order valence-electron chi connectivity index (χ0n) is 10.5. The van der Waals surface area contributed by atoms with E-state index in [0.717, 1.165) is 10.6 Å². The third kappa shape index (κ3) is 4.43. The van der Waals surface area contributed by atoms with Crippen molar-refractivity contribution in [3.05, 3.63) is 53.3 Å². The zero-order chi connectivity index (χ0) is 14.4. The van der Waals surface area contributed by atoms with Gasteiger partial charge in [-0.2, -0.15) is 0 Å². The SMILES string of the molecule is O=C(O)c1cc(SCCOc2ccc(Cl)cc2)ccn1. The first-order chi connectivity index (χ1) is 9.65. The van der Waals surface area contributed by atoms with Gasteiger partial charge in [-0.3, -0.25) is 0 Å². The molecule has 1 heterocycles. The Kier molecular flexibility index (Phi) is 5.26. The number of carbonyl (C=O) groups is 1. The summed E-state index contributed by atoms with van der Waals surface area (Å²) >= 11 is 7.30. The molecule has 20 heavy (non-hydrogen) atoms. The smallest absolute Gasteiger partial charge is 0.354 e. The van der Waals surface area contributed by atoms with Crippen molar-refractivity contribution in [3.63, 3.8) is 0 Å². The van der Waals surface area contributed by atoms with Crippen LogP contribution in [0.15, 0.2) is 47.5 Å². The molecule has 6 heteroatoms. The second kappa shape index (κ2) is 7.17. The predicted molar refractivity (Wildman–Crippen MR) is 78.9 cm³/mol. The molecule has 0 saturated carbocycles. The number of carboxylic acid groups (broad SMARTS) is 1. The van der Waals surface area contributed by atoms with Gasteiger partial charge < -0.3 is 9.84 Å². The lowest BCUT2D eigenvalue weighted by Gasteiger charge is -2.06. The summed E-state index contributed by atoms with van der Waals surface area (Å²) in [6, 6.07) is 10.5. The minimum Gasteiger partial charge on any atom is -0.493 e.